The Hall–Kier alpha value is -4.81. The number of aromatic nitrogens is 1. The molecule has 0 fully saturated rings. The molecular weight excluding hydrogens is 582 g/mol. The second-order valence-electron chi connectivity index (χ2n) is 11.9. The van der Waals surface area contributed by atoms with Gasteiger partial charge in [0.25, 0.3) is 5.91 Å². The highest BCUT2D eigenvalue weighted by atomic mass is 35.5. The van der Waals surface area contributed by atoms with Crippen LogP contribution in [0, 0.1) is 0 Å². The Labute approximate surface area is 268 Å². The van der Waals surface area contributed by atoms with Crippen LogP contribution in [0.2, 0.25) is 5.02 Å². The molecule has 226 valence electrons. The van der Waals surface area contributed by atoms with Crippen molar-refractivity contribution in [2.24, 2.45) is 0 Å². The summed E-state index contributed by atoms with van der Waals surface area (Å²) in [5.74, 6) is -0.219. The first kappa shape index (κ1) is 28.9. The fourth-order valence-corrected chi connectivity index (χ4v) is 6.88. The minimum absolute atomic E-state index is 0.0479. The third-order valence-corrected chi connectivity index (χ3v) is 9.07. The summed E-state index contributed by atoms with van der Waals surface area (Å²) < 4.78 is 8.12. The summed E-state index contributed by atoms with van der Waals surface area (Å²) in [4.78, 5) is 30.1. The van der Waals surface area contributed by atoms with Gasteiger partial charge in [-0.05, 0) is 72.2 Å². The molecule has 0 saturated carbocycles. The van der Waals surface area contributed by atoms with Crippen LogP contribution in [0.25, 0.3) is 0 Å². The first-order valence-electron chi connectivity index (χ1n) is 15.4. The summed E-state index contributed by atoms with van der Waals surface area (Å²) in [5, 5.41) is 2.87. The lowest BCUT2D eigenvalue weighted by atomic mass is 9.92. The molecule has 0 N–H and O–H groups in total. The minimum Gasteiger partial charge on any atom is -0.482 e. The molecule has 5 aromatic rings. The van der Waals surface area contributed by atoms with E-state index >= 15 is 0 Å². The Kier molecular flexibility index (Phi) is 7.68. The number of fused-ring (bicyclic) bond motifs is 3. The van der Waals surface area contributed by atoms with Crippen molar-refractivity contribution >= 4 is 17.5 Å². The Bertz CT molecular complexity index is 1870. The number of ether oxygens (including phenoxy) is 1. The van der Waals surface area contributed by atoms with Crippen LogP contribution < -0.4 is 15.2 Å². The van der Waals surface area contributed by atoms with Gasteiger partial charge in [-0.25, -0.2) is 0 Å². The Balaban J connectivity index is 1.52. The number of halogens is 1. The number of nitrogens with zero attached hydrogens (tertiary/aromatic N) is 3. The fourth-order valence-electron chi connectivity index (χ4n) is 6.75. The molecule has 7 heteroatoms. The molecule has 4 aromatic carbocycles. The van der Waals surface area contributed by atoms with Crippen LogP contribution in [0.4, 0.5) is 0 Å². The maximum Gasteiger partial charge on any atom is 0.278 e. The van der Waals surface area contributed by atoms with Crippen LogP contribution in [0.15, 0.2) is 120 Å². The molecule has 1 aliphatic heterocycles. The van der Waals surface area contributed by atoms with Crippen molar-refractivity contribution in [2.45, 2.75) is 51.5 Å². The van der Waals surface area contributed by atoms with Crippen LogP contribution in [0.5, 0.6) is 5.75 Å². The second kappa shape index (κ2) is 11.9. The zero-order valence-electron chi connectivity index (χ0n) is 25.3. The minimum atomic E-state index is -0.518. The summed E-state index contributed by atoms with van der Waals surface area (Å²) in [6.07, 6.45) is 3.01. The number of aryl methyl sites for hydroxylation is 2. The van der Waals surface area contributed by atoms with Gasteiger partial charge in [0.05, 0.1) is 6.04 Å². The molecule has 6 nitrogen and oxygen atoms in total. The van der Waals surface area contributed by atoms with E-state index in [1.54, 1.807) is 6.20 Å². The summed E-state index contributed by atoms with van der Waals surface area (Å²) >= 11 is 6.37. The molecule has 1 aliphatic carbocycles. The number of carbonyl (C=O) groups excluding carboxylic acids is 1. The van der Waals surface area contributed by atoms with Gasteiger partial charge >= 0.3 is 0 Å². The van der Waals surface area contributed by atoms with Crippen LogP contribution in [-0.4, -0.2) is 21.5 Å². The van der Waals surface area contributed by atoms with Crippen molar-refractivity contribution < 1.29 is 9.53 Å². The van der Waals surface area contributed by atoms with E-state index in [2.05, 4.69) is 53.5 Å². The van der Waals surface area contributed by atoms with Crippen molar-refractivity contribution in [3.05, 3.63) is 170 Å². The molecule has 2 heterocycles. The zero-order valence-corrected chi connectivity index (χ0v) is 26.0. The molecule has 0 spiro atoms. The summed E-state index contributed by atoms with van der Waals surface area (Å²) in [6, 6.07) is 35.5. The first-order chi connectivity index (χ1) is 21.9. The van der Waals surface area contributed by atoms with E-state index in [1.807, 2.05) is 78.0 Å². The maximum atomic E-state index is 14.7. The van der Waals surface area contributed by atoms with Crippen molar-refractivity contribution in [3.8, 4) is 5.75 Å². The Morgan fingerprint density at radius 3 is 2.00 bits per heavy atom. The summed E-state index contributed by atoms with van der Waals surface area (Å²) in [7, 11) is 0. The normalized spacial score (nSPS) is 16.2. The van der Waals surface area contributed by atoms with Crippen molar-refractivity contribution in [1.29, 1.82) is 0 Å². The predicted octanol–water partition coefficient (Wildman–Crippen LogP) is 7.47. The van der Waals surface area contributed by atoms with Gasteiger partial charge in [0, 0.05) is 23.3 Å². The number of hydrogen-bond acceptors (Lipinski definition) is 4. The van der Waals surface area contributed by atoms with Gasteiger partial charge in [-0.15, -0.1) is 0 Å². The molecule has 1 unspecified atom stereocenters. The smallest absolute Gasteiger partial charge is 0.278 e. The lowest BCUT2D eigenvalue weighted by Gasteiger charge is -2.51. The van der Waals surface area contributed by atoms with E-state index in [9.17, 15) is 9.59 Å². The molecule has 0 radical (unpaired) electrons. The lowest BCUT2D eigenvalue weighted by molar-refractivity contribution is 0.0457. The average Bonchev–Trinajstić information content (AvgIpc) is 3.22. The second-order valence-corrected chi connectivity index (χ2v) is 12.3. The topological polar surface area (TPSA) is 54.8 Å². The first-order valence-corrected chi connectivity index (χ1v) is 15.7. The van der Waals surface area contributed by atoms with E-state index in [4.69, 9.17) is 16.3 Å². The number of carbonyl (C=O) groups is 1. The number of pyridine rings is 1. The van der Waals surface area contributed by atoms with Gasteiger partial charge in [-0.1, -0.05) is 103 Å². The van der Waals surface area contributed by atoms with E-state index < -0.39 is 6.17 Å². The monoisotopic (exact) mass is 615 g/mol. The number of benzene rings is 4. The number of hydrogen-bond donors (Lipinski definition) is 0. The number of rotatable bonds is 6. The lowest BCUT2D eigenvalue weighted by Crippen LogP contribution is -2.59. The van der Waals surface area contributed by atoms with Crippen molar-refractivity contribution in [2.75, 3.05) is 5.01 Å². The summed E-state index contributed by atoms with van der Waals surface area (Å²) in [5.41, 5.74) is 6.54. The van der Waals surface area contributed by atoms with Crippen LogP contribution >= 0.6 is 11.6 Å². The van der Waals surface area contributed by atoms with Gasteiger partial charge in [0.15, 0.2) is 11.4 Å². The van der Waals surface area contributed by atoms with Gasteiger partial charge in [0.1, 0.15) is 12.8 Å². The molecule has 1 aromatic heterocycles. The predicted molar refractivity (Wildman–Crippen MR) is 177 cm³/mol. The third kappa shape index (κ3) is 5.19. The molecule has 2 aliphatic rings. The number of amides is 1. The van der Waals surface area contributed by atoms with E-state index in [0.29, 0.717) is 5.02 Å². The van der Waals surface area contributed by atoms with Gasteiger partial charge in [-0.2, -0.15) is 0 Å². The van der Waals surface area contributed by atoms with Crippen molar-refractivity contribution in [1.82, 2.24) is 9.58 Å². The fraction of sp³-hybridized carbons (Fsp3) is 0.211. The highest BCUT2D eigenvalue weighted by Gasteiger charge is 2.46. The standard InChI is InChI=1S/C38H34ClN3O3/c1-25(2)41-37(29-18-20-30(39)21-19-29)42(34-31-14-8-6-12-27(31)16-17-28-13-7-9-15-32(28)34)40-23-22-33(43)36(35(40)38(41)44)45-24-26-10-4-3-5-11-26/h3-15,18-23,25,34,37H,16-17,24H2,1-2H3. The van der Waals surface area contributed by atoms with Gasteiger partial charge in [0.2, 0.25) is 5.43 Å². The van der Waals surface area contributed by atoms with Gasteiger partial charge < -0.3 is 9.64 Å². The average molecular weight is 616 g/mol. The molecule has 0 bridgehead atoms. The van der Waals surface area contributed by atoms with E-state index in [-0.39, 0.29) is 41.5 Å². The van der Waals surface area contributed by atoms with Crippen LogP contribution in [0.1, 0.15) is 69.9 Å². The molecule has 45 heavy (non-hydrogen) atoms. The maximum absolute atomic E-state index is 14.7. The third-order valence-electron chi connectivity index (χ3n) is 8.81. The quantitative estimate of drug-likeness (QED) is 0.199. The molecular formula is C38H34ClN3O3. The highest BCUT2D eigenvalue weighted by Crippen LogP contribution is 2.44. The van der Waals surface area contributed by atoms with Gasteiger partial charge in [-0.3, -0.25) is 19.3 Å². The van der Waals surface area contributed by atoms with E-state index in [1.165, 1.54) is 17.2 Å². The Morgan fingerprint density at radius 1 is 0.778 bits per heavy atom. The Morgan fingerprint density at radius 2 is 1.38 bits per heavy atom. The van der Waals surface area contributed by atoms with Crippen molar-refractivity contribution in [3.63, 3.8) is 0 Å². The van der Waals surface area contributed by atoms with Crippen LogP contribution in [0.3, 0.4) is 0 Å². The zero-order chi connectivity index (χ0) is 31.1. The molecule has 1 amide bonds. The molecule has 7 rings (SSSR count). The molecule has 1 atom stereocenters. The highest BCUT2D eigenvalue weighted by molar-refractivity contribution is 6.30. The van der Waals surface area contributed by atoms with Crippen LogP contribution in [-0.2, 0) is 19.4 Å². The summed E-state index contributed by atoms with van der Waals surface area (Å²) in [6.45, 7) is 4.18. The SMILES string of the molecule is CC(C)N1C(=O)c2c(OCc3ccccc3)c(=O)ccn2N(C2c3ccccc3CCc3ccccc32)C1c1ccc(Cl)cc1. The molecule has 0 saturated heterocycles. The largest absolute Gasteiger partial charge is 0.482 e. The van der Waals surface area contributed by atoms with E-state index in [0.717, 1.165) is 35.1 Å².